The average Bonchev–Trinajstić information content (AvgIpc) is 2.68. The Morgan fingerprint density at radius 2 is 1.89 bits per heavy atom. The van der Waals surface area contributed by atoms with E-state index in [1.807, 2.05) is 6.07 Å². The maximum atomic E-state index is 9.86. The van der Waals surface area contributed by atoms with Crippen LogP contribution >= 0.6 is 0 Å². The summed E-state index contributed by atoms with van der Waals surface area (Å²) in [5, 5.41) is 13.5. The molecule has 1 saturated carbocycles. The van der Waals surface area contributed by atoms with E-state index in [1.165, 1.54) is 44.1 Å². The molecular formula is C17H27NO. The number of phenols is 1. The number of rotatable bonds is 4. The molecule has 1 fully saturated rings. The van der Waals surface area contributed by atoms with Gasteiger partial charge in [0.05, 0.1) is 0 Å². The van der Waals surface area contributed by atoms with Crippen molar-refractivity contribution in [2.75, 3.05) is 0 Å². The Labute approximate surface area is 117 Å². The van der Waals surface area contributed by atoms with Crippen molar-refractivity contribution < 1.29 is 5.11 Å². The molecule has 19 heavy (non-hydrogen) atoms. The van der Waals surface area contributed by atoms with Gasteiger partial charge in [0.25, 0.3) is 0 Å². The molecule has 0 saturated heterocycles. The Morgan fingerprint density at radius 1 is 1.21 bits per heavy atom. The predicted molar refractivity (Wildman–Crippen MR) is 80.3 cm³/mol. The lowest BCUT2D eigenvalue weighted by Crippen LogP contribution is -2.33. The lowest BCUT2D eigenvalue weighted by molar-refractivity contribution is 0.334. The van der Waals surface area contributed by atoms with E-state index in [1.54, 1.807) is 6.07 Å². The molecule has 1 aromatic rings. The van der Waals surface area contributed by atoms with E-state index in [0.29, 0.717) is 11.8 Å². The van der Waals surface area contributed by atoms with Crippen LogP contribution in [0, 0.1) is 12.8 Å². The number of aryl methyl sites for hydroxylation is 1. The van der Waals surface area contributed by atoms with Gasteiger partial charge in [-0.1, -0.05) is 43.4 Å². The zero-order valence-electron chi connectivity index (χ0n) is 12.3. The Bertz CT molecular complexity index is 394. The van der Waals surface area contributed by atoms with Gasteiger partial charge in [-0.2, -0.15) is 0 Å². The topological polar surface area (TPSA) is 32.3 Å². The van der Waals surface area contributed by atoms with E-state index in [2.05, 4.69) is 25.2 Å². The normalized spacial score (nSPS) is 19.1. The molecule has 0 amide bonds. The molecule has 106 valence electrons. The number of nitrogens with one attached hydrogen (secondary N) is 1. The SMILES string of the molecule is Cc1ccc(O)c(CN[C@H](C)C2CCCCCC2)c1. The molecule has 1 atom stereocenters. The fourth-order valence-corrected chi connectivity index (χ4v) is 3.10. The fraction of sp³-hybridized carbons (Fsp3) is 0.647. The highest BCUT2D eigenvalue weighted by molar-refractivity contribution is 5.35. The molecule has 0 spiro atoms. The summed E-state index contributed by atoms with van der Waals surface area (Å²) in [4.78, 5) is 0. The summed E-state index contributed by atoms with van der Waals surface area (Å²) >= 11 is 0. The minimum Gasteiger partial charge on any atom is -0.508 e. The maximum Gasteiger partial charge on any atom is 0.120 e. The highest BCUT2D eigenvalue weighted by atomic mass is 16.3. The van der Waals surface area contributed by atoms with Crippen LogP contribution in [0.4, 0.5) is 0 Å². The first kappa shape index (κ1) is 14.4. The quantitative estimate of drug-likeness (QED) is 0.798. The molecule has 0 heterocycles. The third kappa shape index (κ3) is 4.24. The van der Waals surface area contributed by atoms with Crippen molar-refractivity contribution in [3.8, 4) is 5.75 Å². The molecule has 0 aromatic heterocycles. The molecule has 2 N–H and O–H groups in total. The van der Waals surface area contributed by atoms with Crippen LogP contribution in [0.2, 0.25) is 0 Å². The molecule has 2 heteroatoms. The van der Waals surface area contributed by atoms with E-state index in [0.717, 1.165) is 18.0 Å². The Balaban J connectivity index is 1.88. The zero-order valence-corrected chi connectivity index (χ0v) is 12.3. The van der Waals surface area contributed by atoms with Crippen LogP contribution in [0.25, 0.3) is 0 Å². The molecule has 2 rings (SSSR count). The van der Waals surface area contributed by atoms with Crippen LogP contribution in [0.3, 0.4) is 0 Å². The number of aromatic hydroxyl groups is 1. The van der Waals surface area contributed by atoms with E-state index in [4.69, 9.17) is 0 Å². The number of benzene rings is 1. The largest absolute Gasteiger partial charge is 0.508 e. The standard InChI is InChI=1S/C17H27NO/c1-13-9-10-17(19)16(11-13)12-18-14(2)15-7-5-3-4-6-8-15/h9-11,14-15,18-19H,3-8,12H2,1-2H3/t14-/m1/s1. The van der Waals surface area contributed by atoms with Crippen molar-refractivity contribution in [1.29, 1.82) is 0 Å². The van der Waals surface area contributed by atoms with Gasteiger partial charge < -0.3 is 10.4 Å². The summed E-state index contributed by atoms with van der Waals surface area (Å²) in [6, 6.07) is 6.36. The van der Waals surface area contributed by atoms with Crippen molar-refractivity contribution in [1.82, 2.24) is 5.32 Å². The molecule has 1 aliphatic carbocycles. The summed E-state index contributed by atoms with van der Waals surface area (Å²) < 4.78 is 0. The molecule has 2 nitrogen and oxygen atoms in total. The molecule has 0 aliphatic heterocycles. The second-order valence-corrected chi connectivity index (χ2v) is 6.05. The van der Waals surface area contributed by atoms with Gasteiger partial charge in [0.1, 0.15) is 5.75 Å². The molecular weight excluding hydrogens is 234 g/mol. The van der Waals surface area contributed by atoms with E-state index < -0.39 is 0 Å². The molecule has 1 aliphatic rings. The minimum atomic E-state index is 0.408. The van der Waals surface area contributed by atoms with Crippen molar-refractivity contribution in [2.45, 2.75) is 65.0 Å². The van der Waals surface area contributed by atoms with Gasteiger partial charge in [-0.05, 0) is 38.7 Å². The van der Waals surface area contributed by atoms with E-state index in [9.17, 15) is 5.11 Å². The number of hydrogen-bond donors (Lipinski definition) is 2. The lowest BCUT2D eigenvalue weighted by atomic mass is 9.93. The molecule has 0 radical (unpaired) electrons. The Morgan fingerprint density at radius 3 is 2.58 bits per heavy atom. The van der Waals surface area contributed by atoms with Gasteiger partial charge in [0, 0.05) is 18.2 Å². The van der Waals surface area contributed by atoms with Crippen LogP contribution < -0.4 is 5.32 Å². The fourth-order valence-electron chi connectivity index (χ4n) is 3.10. The second-order valence-electron chi connectivity index (χ2n) is 6.05. The third-order valence-electron chi connectivity index (χ3n) is 4.46. The third-order valence-corrected chi connectivity index (χ3v) is 4.46. The van der Waals surface area contributed by atoms with Crippen LogP contribution in [0.1, 0.15) is 56.6 Å². The monoisotopic (exact) mass is 261 g/mol. The summed E-state index contributed by atoms with van der Waals surface area (Å²) in [6.45, 7) is 5.13. The van der Waals surface area contributed by atoms with Crippen LogP contribution in [-0.2, 0) is 6.54 Å². The minimum absolute atomic E-state index is 0.408. The van der Waals surface area contributed by atoms with Crippen LogP contribution in [-0.4, -0.2) is 11.1 Å². The van der Waals surface area contributed by atoms with Gasteiger partial charge in [-0.3, -0.25) is 0 Å². The smallest absolute Gasteiger partial charge is 0.120 e. The second kappa shape index (κ2) is 6.95. The highest BCUT2D eigenvalue weighted by Gasteiger charge is 2.18. The average molecular weight is 261 g/mol. The van der Waals surface area contributed by atoms with Gasteiger partial charge in [-0.25, -0.2) is 0 Å². The molecule has 0 bridgehead atoms. The first-order valence-corrected chi connectivity index (χ1v) is 7.68. The first-order chi connectivity index (χ1) is 9.16. The number of hydrogen-bond acceptors (Lipinski definition) is 2. The molecule has 0 unspecified atom stereocenters. The predicted octanol–water partition coefficient (Wildman–Crippen LogP) is 4.15. The summed E-state index contributed by atoms with van der Waals surface area (Å²) in [6.07, 6.45) is 8.28. The Kier molecular flexibility index (Phi) is 5.26. The lowest BCUT2D eigenvalue weighted by Gasteiger charge is -2.24. The van der Waals surface area contributed by atoms with Crippen molar-refractivity contribution in [3.05, 3.63) is 29.3 Å². The molecule has 1 aromatic carbocycles. The van der Waals surface area contributed by atoms with E-state index >= 15 is 0 Å². The summed E-state index contributed by atoms with van der Waals surface area (Å²) in [5.41, 5.74) is 2.22. The van der Waals surface area contributed by atoms with Gasteiger partial charge >= 0.3 is 0 Å². The zero-order chi connectivity index (χ0) is 13.7. The van der Waals surface area contributed by atoms with Gasteiger partial charge in [0.15, 0.2) is 0 Å². The summed E-state index contributed by atoms with van der Waals surface area (Å²) in [7, 11) is 0. The van der Waals surface area contributed by atoms with Crippen LogP contribution in [0.15, 0.2) is 18.2 Å². The van der Waals surface area contributed by atoms with Crippen molar-refractivity contribution in [2.24, 2.45) is 5.92 Å². The van der Waals surface area contributed by atoms with Gasteiger partial charge in [-0.15, -0.1) is 0 Å². The van der Waals surface area contributed by atoms with Crippen LogP contribution in [0.5, 0.6) is 5.75 Å². The van der Waals surface area contributed by atoms with Gasteiger partial charge in [0.2, 0.25) is 0 Å². The number of phenolic OH excluding ortho intramolecular Hbond substituents is 1. The van der Waals surface area contributed by atoms with E-state index in [-0.39, 0.29) is 0 Å². The first-order valence-electron chi connectivity index (χ1n) is 7.68. The van der Waals surface area contributed by atoms with Crippen molar-refractivity contribution in [3.63, 3.8) is 0 Å². The summed E-state index contributed by atoms with van der Waals surface area (Å²) in [5.74, 6) is 1.21. The maximum absolute atomic E-state index is 9.86. The highest BCUT2D eigenvalue weighted by Crippen LogP contribution is 2.26. The van der Waals surface area contributed by atoms with Crippen molar-refractivity contribution >= 4 is 0 Å². The Hall–Kier alpha value is -1.02.